The van der Waals surface area contributed by atoms with E-state index in [1.807, 2.05) is 36.4 Å². The second-order valence-corrected chi connectivity index (χ2v) is 17.1. The highest BCUT2D eigenvalue weighted by Crippen LogP contribution is 2.40. The summed E-state index contributed by atoms with van der Waals surface area (Å²) < 4.78 is 16.3. The van der Waals surface area contributed by atoms with Crippen molar-refractivity contribution in [2.75, 3.05) is 13.7 Å². The van der Waals surface area contributed by atoms with Crippen LogP contribution in [0.15, 0.2) is 108 Å². The van der Waals surface area contributed by atoms with Crippen molar-refractivity contribution in [1.29, 1.82) is 5.26 Å². The highest BCUT2D eigenvalue weighted by molar-refractivity contribution is 9.10. The van der Waals surface area contributed by atoms with Gasteiger partial charge in [0.1, 0.15) is 11.8 Å². The molecule has 4 nitrogen and oxygen atoms in total. The van der Waals surface area contributed by atoms with Crippen LogP contribution >= 0.6 is 15.9 Å². The van der Waals surface area contributed by atoms with Gasteiger partial charge in [-0.15, -0.1) is 0 Å². The minimum absolute atomic E-state index is 0.100. The van der Waals surface area contributed by atoms with Gasteiger partial charge in [0.05, 0.1) is 23.9 Å². The summed E-state index contributed by atoms with van der Waals surface area (Å²) in [6.07, 6.45) is 0. The van der Waals surface area contributed by atoms with E-state index in [0.29, 0.717) is 18.7 Å². The Kier molecular flexibility index (Phi) is 8.75. The fourth-order valence-electron chi connectivity index (χ4n) is 6.14. The van der Waals surface area contributed by atoms with Crippen LogP contribution in [0.5, 0.6) is 5.75 Å². The third kappa shape index (κ3) is 5.45. The number of aromatic nitrogens is 1. The first kappa shape index (κ1) is 29.8. The zero-order chi connectivity index (χ0) is 29.9. The summed E-state index contributed by atoms with van der Waals surface area (Å²) in [5, 5.41) is 13.7. The molecule has 0 spiro atoms. The molecule has 6 heteroatoms. The minimum Gasteiger partial charge on any atom is -0.496 e. The quantitative estimate of drug-likeness (QED) is 0.153. The first-order chi connectivity index (χ1) is 20.2. The summed E-state index contributed by atoms with van der Waals surface area (Å²) in [4.78, 5) is 0. The summed E-state index contributed by atoms with van der Waals surface area (Å²) in [5.74, 6) is 0.898. The maximum Gasteiger partial charge on any atom is 0.261 e. The monoisotopic (exact) mass is 636 g/mol. The fourth-order valence-corrected chi connectivity index (χ4v) is 11.2. The molecule has 5 rings (SSSR count). The number of hydrogen-bond acceptors (Lipinski definition) is 3. The molecule has 0 saturated heterocycles. The molecule has 0 fully saturated rings. The Morgan fingerprint density at radius 1 is 0.881 bits per heavy atom. The number of nitrogens with zero attached hydrogens (tertiary/aromatic N) is 2. The fraction of sp³-hybridized carbons (Fsp3) is 0.250. The Bertz CT molecular complexity index is 1680. The average molecular weight is 638 g/mol. The summed E-state index contributed by atoms with van der Waals surface area (Å²) in [5.41, 5.74) is 3.45. The van der Waals surface area contributed by atoms with Gasteiger partial charge in [0, 0.05) is 28.6 Å². The van der Waals surface area contributed by atoms with Crippen LogP contribution in [-0.2, 0) is 11.0 Å². The lowest BCUT2D eigenvalue weighted by Gasteiger charge is -2.43. The molecule has 5 aromatic rings. The van der Waals surface area contributed by atoms with Crippen LogP contribution in [0.3, 0.4) is 0 Å². The Labute approximate surface area is 258 Å². The van der Waals surface area contributed by atoms with Gasteiger partial charge in [-0.25, -0.2) is 0 Å². The third-order valence-corrected chi connectivity index (χ3v) is 13.5. The van der Waals surface area contributed by atoms with E-state index in [1.165, 1.54) is 10.4 Å². The largest absolute Gasteiger partial charge is 0.496 e. The van der Waals surface area contributed by atoms with E-state index >= 15 is 0 Å². The first-order valence-corrected chi connectivity index (χ1v) is 17.0. The number of methoxy groups -OCH3 is 1. The topological polar surface area (TPSA) is 47.2 Å². The number of hydrogen-bond donors (Lipinski definition) is 0. The molecule has 0 N–H and O–H groups in total. The molecule has 1 heterocycles. The van der Waals surface area contributed by atoms with Crippen molar-refractivity contribution >= 4 is 45.5 Å². The van der Waals surface area contributed by atoms with Gasteiger partial charge in [0.15, 0.2) is 0 Å². The summed E-state index contributed by atoms with van der Waals surface area (Å²) in [6.45, 7) is 10.4. The van der Waals surface area contributed by atoms with Gasteiger partial charge >= 0.3 is 0 Å². The van der Waals surface area contributed by atoms with Gasteiger partial charge in [-0.3, -0.25) is 0 Å². The van der Waals surface area contributed by atoms with Crippen LogP contribution in [0.1, 0.15) is 33.3 Å². The second kappa shape index (κ2) is 12.3. The number of ether oxygens (including phenoxy) is 1. The van der Waals surface area contributed by atoms with Crippen LogP contribution in [0, 0.1) is 17.2 Å². The van der Waals surface area contributed by atoms with E-state index in [0.717, 1.165) is 32.4 Å². The normalized spacial score (nSPS) is 12.7. The van der Waals surface area contributed by atoms with E-state index in [4.69, 9.17) is 9.16 Å². The van der Waals surface area contributed by atoms with Crippen molar-refractivity contribution in [2.24, 2.45) is 5.92 Å². The number of nitriles is 1. The molecule has 0 aliphatic carbocycles. The molecule has 214 valence electrons. The number of para-hydroxylation sites is 1. The Balaban J connectivity index is 1.59. The number of benzene rings is 4. The van der Waals surface area contributed by atoms with E-state index < -0.39 is 8.32 Å². The Morgan fingerprint density at radius 3 is 2.05 bits per heavy atom. The van der Waals surface area contributed by atoms with Crippen molar-refractivity contribution in [3.63, 3.8) is 0 Å². The van der Waals surface area contributed by atoms with E-state index in [9.17, 15) is 5.26 Å². The lowest BCUT2D eigenvalue weighted by Crippen LogP contribution is -2.66. The maximum absolute atomic E-state index is 10.4. The van der Waals surface area contributed by atoms with Crippen molar-refractivity contribution in [2.45, 2.75) is 39.3 Å². The molecule has 0 unspecified atom stereocenters. The van der Waals surface area contributed by atoms with Gasteiger partial charge in [-0.1, -0.05) is 122 Å². The van der Waals surface area contributed by atoms with Gasteiger partial charge < -0.3 is 13.7 Å². The van der Waals surface area contributed by atoms with Crippen molar-refractivity contribution in [1.82, 2.24) is 4.57 Å². The number of rotatable bonds is 9. The molecule has 0 aliphatic heterocycles. The third-order valence-electron chi connectivity index (χ3n) is 8.00. The molecule has 1 aromatic heterocycles. The zero-order valence-corrected chi connectivity index (χ0v) is 27.5. The van der Waals surface area contributed by atoms with Crippen LogP contribution in [0.4, 0.5) is 0 Å². The smallest absolute Gasteiger partial charge is 0.261 e. The first-order valence-electron chi connectivity index (χ1n) is 14.3. The lowest BCUT2D eigenvalue weighted by atomic mass is 10.0. The number of fused-ring (bicyclic) bond motifs is 1. The van der Waals surface area contributed by atoms with E-state index in [2.05, 4.69) is 121 Å². The van der Waals surface area contributed by atoms with Crippen LogP contribution in [0.25, 0.3) is 22.2 Å². The van der Waals surface area contributed by atoms with Crippen LogP contribution < -0.4 is 15.1 Å². The molecular weight excluding hydrogens is 600 g/mol. The zero-order valence-electron chi connectivity index (χ0n) is 24.9. The second-order valence-electron chi connectivity index (χ2n) is 11.9. The molecule has 0 saturated carbocycles. The summed E-state index contributed by atoms with van der Waals surface area (Å²) >= 11 is 3.66. The van der Waals surface area contributed by atoms with Gasteiger partial charge in [-0.05, 0) is 45.6 Å². The molecule has 4 aromatic carbocycles. The predicted octanol–water partition coefficient (Wildman–Crippen LogP) is 8.16. The summed E-state index contributed by atoms with van der Waals surface area (Å²) in [6, 6.07) is 38.1. The highest BCUT2D eigenvalue weighted by Gasteiger charge is 2.50. The standard InChI is InChI=1S/C36H37BrN2O2Si/c1-26(25-41-42(36(2,3)4,28-14-8-6-9-15-28)29-16-10-7-11-17-29)24-39-33-22-27(37)20-21-30(33)32(23-38)35(39)31-18-12-13-19-34(31)40-5/h6-22,26H,24-25H2,1-5H3/t26-/m0/s1. The van der Waals surface area contributed by atoms with Crippen molar-refractivity contribution in [3.05, 3.63) is 113 Å². The number of halogens is 1. The Hall–Kier alpha value is -3.63. The van der Waals surface area contributed by atoms with Gasteiger partial charge in [0.2, 0.25) is 0 Å². The predicted molar refractivity (Wildman–Crippen MR) is 179 cm³/mol. The summed E-state index contributed by atoms with van der Waals surface area (Å²) in [7, 11) is -1.000. The van der Waals surface area contributed by atoms with Crippen LogP contribution in [0.2, 0.25) is 5.04 Å². The molecule has 0 bridgehead atoms. The SMILES string of the molecule is COc1ccccc1-c1c(C#N)c2ccc(Br)cc2n1C[C@H](C)CO[Si](c1ccccc1)(c1ccccc1)C(C)(C)C. The van der Waals surface area contributed by atoms with E-state index in [-0.39, 0.29) is 11.0 Å². The molecule has 0 radical (unpaired) electrons. The Morgan fingerprint density at radius 2 is 1.48 bits per heavy atom. The molecular formula is C36H37BrN2O2Si. The highest BCUT2D eigenvalue weighted by atomic mass is 79.9. The molecule has 0 amide bonds. The maximum atomic E-state index is 10.4. The van der Waals surface area contributed by atoms with Crippen molar-refractivity contribution in [3.8, 4) is 23.1 Å². The van der Waals surface area contributed by atoms with Crippen molar-refractivity contribution < 1.29 is 9.16 Å². The molecule has 0 aliphatic rings. The molecule has 42 heavy (non-hydrogen) atoms. The van der Waals surface area contributed by atoms with E-state index in [1.54, 1.807) is 7.11 Å². The lowest BCUT2D eigenvalue weighted by molar-refractivity contribution is 0.232. The van der Waals surface area contributed by atoms with Crippen LogP contribution in [-0.4, -0.2) is 26.6 Å². The van der Waals surface area contributed by atoms with Gasteiger partial charge in [0.25, 0.3) is 8.32 Å². The molecule has 1 atom stereocenters. The van der Waals surface area contributed by atoms with Gasteiger partial charge in [-0.2, -0.15) is 5.26 Å². The minimum atomic E-state index is -2.67. The average Bonchev–Trinajstić information content (AvgIpc) is 3.29.